The average Bonchev–Trinajstić information content (AvgIpc) is 2.12. The normalized spacial score (nSPS) is 14.2. The second-order valence-corrected chi connectivity index (χ2v) is 4.30. The molecule has 0 radical (unpaired) electrons. The largest absolute Gasteiger partial charge is 0.372 e. The van der Waals surface area contributed by atoms with Gasteiger partial charge in [-0.1, -0.05) is 0 Å². The topological polar surface area (TPSA) is 41.6 Å². The molecule has 0 aliphatic carbocycles. The second-order valence-electron chi connectivity index (χ2n) is 4.30. The Bertz CT molecular complexity index is 191. The molecular formula is C10H22N2O2. The summed E-state index contributed by atoms with van der Waals surface area (Å²) in [6, 6.07) is 0. The van der Waals surface area contributed by atoms with Gasteiger partial charge in [0.15, 0.2) is 0 Å². The standard InChI is InChI=1S/C10H22N2O2/c1-8(14-6)9(13)11-7-10(2,3)12(4)5/h8H,7H2,1-6H3,(H,11,13). The van der Waals surface area contributed by atoms with Gasteiger partial charge in [0.2, 0.25) is 5.91 Å². The van der Waals surface area contributed by atoms with Gasteiger partial charge in [0.25, 0.3) is 0 Å². The summed E-state index contributed by atoms with van der Waals surface area (Å²) in [6.45, 7) is 6.50. The fourth-order valence-electron chi connectivity index (χ4n) is 0.712. The lowest BCUT2D eigenvalue weighted by Crippen LogP contribution is -2.49. The van der Waals surface area contributed by atoms with Crippen molar-refractivity contribution in [3.63, 3.8) is 0 Å². The van der Waals surface area contributed by atoms with Crippen molar-refractivity contribution >= 4 is 5.91 Å². The van der Waals surface area contributed by atoms with E-state index in [0.29, 0.717) is 6.54 Å². The van der Waals surface area contributed by atoms with E-state index < -0.39 is 0 Å². The maximum atomic E-state index is 11.4. The highest BCUT2D eigenvalue weighted by Gasteiger charge is 2.22. The highest BCUT2D eigenvalue weighted by atomic mass is 16.5. The molecule has 0 aromatic carbocycles. The van der Waals surface area contributed by atoms with Gasteiger partial charge in [0, 0.05) is 19.2 Å². The monoisotopic (exact) mass is 202 g/mol. The van der Waals surface area contributed by atoms with Crippen molar-refractivity contribution in [3.8, 4) is 0 Å². The highest BCUT2D eigenvalue weighted by molar-refractivity contribution is 5.80. The molecule has 1 N–H and O–H groups in total. The quantitative estimate of drug-likeness (QED) is 0.705. The lowest BCUT2D eigenvalue weighted by Gasteiger charge is -2.32. The van der Waals surface area contributed by atoms with Crippen LogP contribution in [0, 0.1) is 0 Å². The van der Waals surface area contributed by atoms with E-state index in [1.165, 1.54) is 7.11 Å². The lowest BCUT2D eigenvalue weighted by molar-refractivity contribution is -0.130. The van der Waals surface area contributed by atoms with E-state index in [4.69, 9.17) is 4.74 Å². The Morgan fingerprint density at radius 2 is 2.00 bits per heavy atom. The number of nitrogens with one attached hydrogen (secondary N) is 1. The van der Waals surface area contributed by atoms with Crippen molar-refractivity contribution in [1.29, 1.82) is 0 Å². The second kappa shape index (κ2) is 5.32. The Balaban J connectivity index is 4.00. The summed E-state index contributed by atoms with van der Waals surface area (Å²) in [7, 11) is 5.51. The minimum atomic E-state index is -0.382. The molecule has 0 heterocycles. The molecule has 0 fully saturated rings. The SMILES string of the molecule is COC(C)C(=O)NCC(C)(C)N(C)C. The molecule has 1 amide bonds. The van der Waals surface area contributed by atoms with Crippen molar-refractivity contribution in [1.82, 2.24) is 10.2 Å². The molecule has 0 aliphatic rings. The van der Waals surface area contributed by atoms with E-state index in [2.05, 4.69) is 24.1 Å². The molecule has 0 spiro atoms. The average molecular weight is 202 g/mol. The minimum absolute atomic E-state index is 0.0386. The summed E-state index contributed by atoms with van der Waals surface area (Å²) < 4.78 is 4.91. The van der Waals surface area contributed by atoms with Crippen molar-refractivity contribution in [2.24, 2.45) is 0 Å². The molecule has 4 heteroatoms. The maximum absolute atomic E-state index is 11.4. The molecule has 0 rings (SSSR count). The summed E-state index contributed by atoms with van der Waals surface area (Å²) in [5.74, 6) is -0.0672. The van der Waals surface area contributed by atoms with Gasteiger partial charge in [-0.15, -0.1) is 0 Å². The van der Waals surface area contributed by atoms with E-state index in [9.17, 15) is 4.79 Å². The van der Waals surface area contributed by atoms with E-state index in [-0.39, 0.29) is 17.6 Å². The Morgan fingerprint density at radius 3 is 2.36 bits per heavy atom. The summed E-state index contributed by atoms with van der Waals surface area (Å²) in [6.07, 6.45) is -0.382. The van der Waals surface area contributed by atoms with Gasteiger partial charge >= 0.3 is 0 Å². The van der Waals surface area contributed by atoms with Crippen LogP contribution in [-0.2, 0) is 9.53 Å². The number of hydrogen-bond acceptors (Lipinski definition) is 3. The molecule has 0 saturated carbocycles. The number of amides is 1. The number of rotatable bonds is 5. The fraction of sp³-hybridized carbons (Fsp3) is 0.900. The summed E-state index contributed by atoms with van der Waals surface area (Å²) in [5, 5.41) is 2.85. The third-order valence-corrected chi connectivity index (χ3v) is 2.63. The van der Waals surface area contributed by atoms with Gasteiger partial charge in [-0.05, 0) is 34.9 Å². The van der Waals surface area contributed by atoms with Crippen LogP contribution in [0.3, 0.4) is 0 Å². The van der Waals surface area contributed by atoms with E-state index in [1.54, 1.807) is 6.92 Å². The molecule has 0 aromatic rings. The first kappa shape index (κ1) is 13.4. The van der Waals surface area contributed by atoms with Crippen LogP contribution in [0.2, 0.25) is 0 Å². The Kier molecular flexibility index (Phi) is 5.08. The van der Waals surface area contributed by atoms with Crippen LogP contribution >= 0.6 is 0 Å². The fourth-order valence-corrected chi connectivity index (χ4v) is 0.712. The van der Waals surface area contributed by atoms with Crippen LogP contribution in [-0.4, -0.2) is 50.2 Å². The van der Waals surface area contributed by atoms with Gasteiger partial charge in [-0.3, -0.25) is 4.79 Å². The van der Waals surface area contributed by atoms with E-state index >= 15 is 0 Å². The van der Waals surface area contributed by atoms with Crippen LogP contribution in [0.4, 0.5) is 0 Å². The molecule has 84 valence electrons. The van der Waals surface area contributed by atoms with Crippen LogP contribution in [0.5, 0.6) is 0 Å². The molecule has 4 nitrogen and oxygen atoms in total. The van der Waals surface area contributed by atoms with Crippen molar-refractivity contribution < 1.29 is 9.53 Å². The molecule has 14 heavy (non-hydrogen) atoms. The first-order chi connectivity index (χ1) is 6.31. The van der Waals surface area contributed by atoms with Crippen LogP contribution in [0.15, 0.2) is 0 Å². The molecular weight excluding hydrogens is 180 g/mol. The van der Waals surface area contributed by atoms with Gasteiger partial charge in [0.1, 0.15) is 6.10 Å². The number of carbonyl (C=O) groups is 1. The zero-order valence-corrected chi connectivity index (χ0v) is 10.0. The number of likely N-dealkylation sites (N-methyl/N-ethyl adjacent to an activating group) is 1. The number of methoxy groups -OCH3 is 1. The Morgan fingerprint density at radius 1 is 1.50 bits per heavy atom. The summed E-state index contributed by atoms with van der Waals surface area (Å²) in [4.78, 5) is 13.5. The predicted molar refractivity (Wildman–Crippen MR) is 57.2 cm³/mol. The van der Waals surface area contributed by atoms with Gasteiger partial charge < -0.3 is 15.0 Å². The first-order valence-corrected chi connectivity index (χ1v) is 4.79. The maximum Gasteiger partial charge on any atom is 0.248 e. The van der Waals surface area contributed by atoms with Crippen LogP contribution in [0.1, 0.15) is 20.8 Å². The Hall–Kier alpha value is -0.610. The summed E-state index contributed by atoms with van der Waals surface area (Å²) >= 11 is 0. The highest BCUT2D eigenvalue weighted by Crippen LogP contribution is 2.07. The smallest absolute Gasteiger partial charge is 0.248 e. The molecule has 0 aliphatic heterocycles. The van der Waals surface area contributed by atoms with E-state index in [0.717, 1.165) is 0 Å². The van der Waals surface area contributed by atoms with Gasteiger partial charge in [-0.25, -0.2) is 0 Å². The predicted octanol–water partition coefficient (Wildman–Crippen LogP) is 0.478. The lowest BCUT2D eigenvalue weighted by atomic mass is 10.0. The Labute approximate surface area is 86.6 Å². The minimum Gasteiger partial charge on any atom is -0.372 e. The molecule has 0 aromatic heterocycles. The zero-order chi connectivity index (χ0) is 11.4. The van der Waals surface area contributed by atoms with E-state index in [1.807, 2.05) is 14.1 Å². The van der Waals surface area contributed by atoms with Crippen LogP contribution < -0.4 is 5.32 Å². The zero-order valence-electron chi connectivity index (χ0n) is 10.0. The third kappa shape index (κ3) is 4.07. The molecule has 1 unspecified atom stereocenters. The van der Waals surface area contributed by atoms with Crippen molar-refractivity contribution in [2.45, 2.75) is 32.4 Å². The molecule has 0 bridgehead atoms. The van der Waals surface area contributed by atoms with Gasteiger partial charge in [0.05, 0.1) is 0 Å². The molecule has 0 saturated heterocycles. The number of carbonyl (C=O) groups excluding carboxylic acids is 1. The van der Waals surface area contributed by atoms with Crippen molar-refractivity contribution in [3.05, 3.63) is 0 Å². The number of ether oxygens (including phenoxy) is 1. The van der Waals surface area contributed by atoms with Crippen LogP contribution in [0.25, 0.3) is 0 Å². The number of hydrogen-bond donors (Lipinski definition) is 1. The first-order valence-electron chi connectivity index (χ1n) is 4.79. The molecule has 1 atom stereocenters. The number of nitrogens with zero attached hydrogens (tertiary/aromatic N) is 1. The van der Waals surface area contributed by atoms with Gasteiger partial charge in [-0.2, -0.15) is 0 Å². The third-order valence-electron chi connectivity index (χ3n) is 2.63. The summed E-state index contributed by atoms with van der Waals surface area (Å²) in [5.41, 5.74) is -0.0386. The van der Waals surface area contributed by atoms with Crippen molar-refractivity contribution in [2.75, 3.05) is 27.7 Å².